The lowest BCUT2D eigenvalue weighted by atomic mass is 9.86. The van der Waals surface area contributed by atoms with Crippen LogP contribution in [0.1, 0.15) is 43.0 Å². The number of methoxy groups -OCH3 is 1. The third-order valence-corrected chi connectivity index (χ3v) is 4.34. The zero-order valence-corrected chi connectivity index (χ0v) is 14.5. The van der Waals surface area contributed by atoms with E-state index in [0.29, 0.717) is 11.7 Å². The van der Waals surface area contributed by atoms with Gasteiger partial charge in [0.05, 0.1) is 7.11 Å². The first-order valence-corrected chi connectivity index (χ1v) is 8.41. The number of rotatable bonds is 5. The number of hydrogen-bond acceptors (Lipinski definition) is 5. The van der Waals surface area contributed by atoms with E-state index in [1.807, 2.05) is 0 Å². The van der Waals surface area contributed by atoms with Gasteiger partial charge in [-0.3, -0.25) is 10.1 Å². The number of carbonyl (C=O) groups excluding carboxylic acids is 3. The molecule has 25 heavy (non-hydrogen) atoms. The van der Waals surface area contributed by atoms with Crippen LogP contribution in [-0.4, -0.2) is 37.7 Å². The Morgan fingerprint density at radius 2 is 1.88 bits per heavy atom. The lowest BCUT2D eigenvalue weighted by molar-refractivity contribution is -0.123. The Morgan fingerprint density at radius 3 is 2.60 bits per heavy atom. The van der Waals surface area contributed by atoms with Gasteiger partial charge >= 0.3 is 12.0 Å². The third kappa shape index (κ3) is 5.48. The van der Waals surface area contributed by atoms with Gasteiger partial charge in [-0.25, -0.2) is 9.59 Å². The van der Waals surface area contributed by atoms with Crippen LogP contribution in [0.2, 0.25) is 0 Å². The Balaban J connectivity index is 1.78. The number of benzene rings is 1. The summed E-state index contributed by atoms with van der Waals surface area (Å²) in [6.45, 7) is 1.55. The van der Waals surface area contributed by atoms with Gasteiger partial charge in [-0.15, -0.1) is 0 Å². The second kappa shape index (κ2) is 9.05. The van der Waals surface area contributed by atoms with E-state index in [9.17, 15) is 14.4 Å². The van der Waals surface area contributed by atoms with E-state index in [1.54, 1.807) is 18.2 Å². The molecule has 0 bridgehead atoms. The van der Waals surface area contributed by atoms with Crippen molar-refractivity contribution >= 4 is 17.9 Å². The summed E-state index contributed by atoms with van der Waals surface area (Å²) in [5, 5.41) is 4.99. The largest absolute Gasteiger partial charge is 0.496 e. The SMILES string of the molecule is COc1ccccc1C(=O)OCC(=O)NC(=O)N[C@@H]1CCCC[C@@H]1C. The van der Waals surface area contributed by atoms with Crippen LogP contribution >= 0.6 is 0 Å². The first-order chi connectivity index (χ1) is 12.0. The van der Waals surface area contributed by atoms with Crippen molar-refractivity contribution in [2.24, 2.45) is 5.92 Å². The van der Waals surface area contributed by atoms with E-state index < -0.39 is 24.5 Å². The number of nitrogens with one attached hydrogen (secondary N) is 2. The molecule has 0 unspecified atom stereocenters. The maximum Gasteiger partial charge on any atom is 0.342 e. The minimum Gasteiger partial charge on any atom is -0.496 e. The molecule has 2 rings (SSSR count). The zero-order valence-electron chi connectivity index (χ0n) is 14.5. The molecule has 7 nitrogen and oxygen atoms in total. The average Bonchev–Trinajstić information content (AvgIpc) is 2.61. The standard InChI is InChI=1S/C18H24N2O5/c1-12-7-3-5-9-14(12)19-18(23)20-16(21)11-25-17(22)13-8-4-6-10-15(13)24-2/h4,6,8,10,12,14H,3,5,7,9,11H2,1-2H3,(H2,19,20,21,23)/t12-,14+/m0/s1. The number of esters is 1. The van der Waals surface area contributed by atoms with E-state index in [4.69, 9.17) is 9.47 Å². The van der Waals surface area contributed by atoms with Gasteiger partial charge in [-0.1, -0.05) is 31.9 Å². The number of carbonyl (C=O) groups is 3. The average molecular weight is 348 g/mol. The van der Waals surface area contributed by atoms with Crippen LogP contribution in [0.25, 0.3) is 0 Å². The predicted molar refractivity (Wildman–Crippen MR) is 91.4 cm³/mol. The Hall–Kier alpha value is -2.57. The fourth-order valence-electron chi connectivity index (χ4n) is 2.92. The van der Waals surface area contributed by atoms with Crippen molar-refractivity contribution in [2.45, 2.75) is 38.6 Å². The van der Waals surface area contributed by atoms with E-state index in [2.05, 4.69) is 17.6 Å². The highest BCUT2D eigenvalue weighted by Crippen LogP contribution is 2.23. The van der Waals surface area contributed by atoms with Gasteiger partial charge in [0.25, 0.3) is 5.91 Å². The second-order valence-electron chi connectivity index (χ2n) is 6.17. The van der Waals surface area contributed by atoms with Crippen LogP contribution in [0.5, 0.6) is 5.75 Å². The Labute approximate surface area is 147 Å². The Bertz CT molecular complexity index is 632. The van der Waals surface area contributed by atoms with Crippen molar-refractivity contribution in [3.63, 3.8) is 0 Å². The van der Waals surface area contributed by atoms with Crippen LogP contribution < -0.4 is 15.4 Å². The number of ether oxygens (including phenoxy) is 2. The molecule has 1 saturated carbocycles. The van der Waals surface area contributed by atoms with Crippen LogP contribution in [0.4, 0.5) is 4.79 Å². The molecule has 1 aliphatic rings. The van der Waals surface area contributed by atoms with Crippen molar-refractivity contribution in [1.82, 2.24) is 10.6 Å². The summed E-state index contributed by atoms with van der Waals surface area (Å²) in [6.07, 6.45) is 4.21. The van der Waals surface area contributed by atoms with Crippen molar-refractivity contribution in [3.05, 3.63) is 29.8 Å². The molecule has 136 valence electrons. The van der Waals surface area contributed by atoms with Gasteiger partial charge in [0, 0.05) is 6.04 Å². The van der Waals surface area contributed by atoms with Gasteiger partial charge in [0.2, 0.25) is 0 Å². The van der Waals surface area contributed by atoms with Crippen molar-refractivity contribution in [1.29, 1.82) is 0 Å². The van der Waals surface area contributed by atoms with E-state index in [1.165, 1.54) is 19.6 Å². The van der Waals surface area contributed by atoms with Gasteiger partial charge in [0.1, 0.15) is 11.3 Å². The summed E-state index contributed by atoms with van der Waals surface area (Å²) in [5.74, 6) is -0.618. The lowest BCUT2D eigenvalue weighted by Crippen LogP contribution is -2.48. The molecular weight excluding hydrogens is 324 g/mol. The van der Waals surface area contributed by atoms with Gasteiger partial charge in [0.15, 0.2) is 6.61 Å². The molecule has 1 aliphatic carbocycles. The van der Waals surface area contributed by atoms with E-state index >= 15 is 0 Å². The minimum atomic E-state index is -0.686. The molecule has 7 heteroatoms. The lowest BCUT2D eigenvalue weighted by Gasteiger charge is -2.29. The summed E-state index contributed by atoms with van der Waals surface area (Å²) >= 11 is 0. The van der Waals surface area contributed by atoms with Crippen LogP contribution in [0.3, 0.4) is 0 Å². The summed E-state index contributed by atoms with van der Waals surface area (Å²) < 4.78 is 10.0. The highest BCUT2D eigenvalue weighted by molar-refractivity contribution is 5.97. The third-order valence-electron chi connectivity index (χ3n) is 4.34. The van der Waals surface area contributed by atoms with E-state index in [-0.39, 0.29) is 11.6 Å². The molecule has 2 N–H and O–H groups in total. The number of hydrogen-bond donors (Lipinski definition) is 2. The highest BCUT2D eigenvalue weighted by Gasteiger charge is 2.23. The quantitative estimate of drug-likeness (QED) is 0.796. The molecule has 1 aromatic rings. The van der Waals surface area contributed by atoms with E-state index in [0.717, 1.165) is 19.3 Å². The molecule has 0 radical (unpaired) electrons. The molecule has 0 aliphatic heterocycles. The maximum absolute atomic E-state index is 12.0. The van der Waals surface area contributed by atoms with Gasteiger partial charge < -0.3 is 14.8 Å². The smallest absolute Gasteiger partial charge is 0.342 e. The summed E-state index contributed by atoms with van der Waals surface area (Å²) in [7, 11) is 1.44. The summed E-state index contributed by atoms with van der Waals surface area (Å²) in [4.78, 5) is 35.7. The van der Waals surface area contributed by atoms with Crippen molar-refractivity contribution < 1.29 is 23.9 Å². The number of urea groups is 1. The topological polar surface area (TPSA) is 93.7 Å². The van der Waals surface area contributed by atoms with Crippen LogP contribution in [0.15, 0.2) is 24.3 Å². The molecule has 1 aromatic carbocycles. The molecule has 0 heterocycles. The van der Waals surface area contributed by atoms with Crippen molar-refractivity contribution in [2.75, 3.05) is 13.7 Å². The number of para-hydroxylation sites is 1. The summed E-state index contributed by atoms with van der Waals surface area (Å²) in [5.41, 5.74) is 0.221. The highest BCUT2D eigenvalue weighted by atomic mass is 16.5. The number of amides is 3. The summed E-state index contributed by atoms with van der Waals surface area (Å²) in [6, 6.07) is 6.05. The molecule has 0 saturated heterocycles. The Morgan fingerprint density at radius 1 is 1.16 bits per heavy atom. The fraction of sp³-hybridized carbons (Fsp3) is 0.500. The maximum atomic E-state index is 12.0. The predicted octanol–water partition coefficient (Wildman–Crippen LogP) is 2.26. The monoisotopic (exact) mass is 348 g/mol. The molecular formula is C18H24N2O5. The first kappa shape index (κ1) is 18.8. The normalized spacial score (nSPS) is 19.6. The molecule has 0 aromatic heterocycles. The second-order valence-corrected chi connectivity index (χ2v) is 6.17. The van der Waals surface area contributed by atoms with Gasteiger partial charge in [-0.05, 0) is 30.9 Å². The Kier molecular flexibility index (Phi) is 6.80. The minimum absolute atomic E-state index is 0.0673. The number of imide groups is 1. The van der Waals surface area contributed by atoms with Crippen LogP contribution in [0, 0.1) is 5.92 Å². The first-order valence-electron chi connectivity index (χ1n) is 8.41. The fourth-order valence-corrected chi connectivity index (χ4v) is 2.92. The zero-order chi connectivity index (χ0) is 18.2. The van der Waals surface area contributed by atoms with Crippen molar-refractivity contribution in [3.8, 4) is 5.75 Å². The van der Waals surface area contributed by atoms with Crippen LogP contribution in [-0.2, 0) is 9.53 Å². The molecule has 0 spiro atoms. The molecule has 3 amide bonds. The molecule has 2 atom stereocenters. The van der Waals surface area contributed by atoms with Gasteiger partial charge in [-0.2, -0.15) is 0 Å². The molecule has 1 fully saturated rings.